The van der Waals surface area contributed by atoms with Gasteiger partial charge < -0.3 is 4.90 Å². The molecule has 1 aliphatic rings. The van der Waals surface area contributed by atoms with Crippen molar-refractivity contribution in [3.8, 4) is 0 Å². The lowest BCUT2D eigenvalue weighted by Crippen LogP contribution is -2.47. The molecule has 2 rings (SSSR count). The summed E-state index contributed by atoms with van der Waals surface area (Å²) in [6.45, 7) is 6.99. The van der Waals surface area contributed by atoms with Crippen LogP contribution in [-0.4, -0.2) is 53.4 Å². The number of amides is 1. The molecule has 6 heteroatoms. The van der Waals surface area contributed by atoms with E-state index in [0.717, 1.165) is 25.2 Å². The Balaban J connectivity index is 1.98. The minimum Gasteiger partial charge on any atom is -0.341 e. The molecule has 0 saturated heterocycles. The molecule has 0 spiro atoms. The van der Waals surface area contributed by atoms with Gasteiger partial charge in [-0.25, -0.2) is 0 Å². The minimum atomic E-state index is -0.434. The maximum atomic E-state index is 12.6. The highest BCUT2D eigenvalue weighted by atomic mass is 16.6. The van der Waals surface area contributed by atoms with Crippen molar-refractivity contribution in [3.63, 3.8) is 0 Å². The van der Waals surface area contributed by atoms with Crippen LogP contribution in [0.3, 0.4) is 0 Å². The fourth-order valence-electron chi connectivity index (χ4n) is 2.94. The first kappa shape index (κ1) is 18.1. The number of nitro groups is 1. The van der Waals surface area contributed by atoms with Crippen LogP contribution in [0.25, 0.3) is 0 Å². The van der Waals surface area contributed by atoms with Gasteiger partial charge in [0.25, 0.3) is 5.69 Å². The number of hydrogen-bond acceptors (Lipinski definition) is 4. The van der Waals surface area contributed by atoms with Crippen LogP contribution < -0.4 is 0 Å². The van der Waals surface area contributed by atoms with Crippen LogP contribution in [0.2, 0.25) is 0 Å². The molecular weight excluding hydrogens is 306 g/mol. The Morgan fingerprint density at radius 3 is 2.33 bits per heavy atom. The van der Waals surface area contributed by atoms with Gasteiger partial charge in [-0.1, -0.05) is 38.1 Å². The van der Waals surface area contributed by atoms with Crippen molar-refractivity contribution < 1.29 is 9.72 Å². The highest BCUT2D eigenvalue weighted by molar-refractivity contribution is 5.79. The first-order chi connectivity index (χ1) is 11.4. The first-order valence-electron chi connectivity index (χ1n) is 8.25. The van der Waals surface area contributed by atoms with E-state index < -0.39 is 4.92 Å². The summed E-state index contributed by atoms with van der Waals surface area (Å²) < 4.78 is 0. The van der Waals surface area contributed by atoms with Gasteiger partial charge >= 0.3 is 0 Å². The molecule has 0 radical (unpaired) electrons. The molecule has 0 bridgehead atoms. The first-order valence-corrected chi connectivity index (χ1v) is 8.25. The topological polar surface area (TPSA) is 66.7 Å². The molecule has 0 aromatic heterocycles. The van der Waals surface area contributed by atoms with Gasteiger partial charge in [-0.15, -0.1) is 0 Å². The lowest BCUT2D eigenvalue weighted by molar-refractivity contribution is -0.384. The number of non-ortho nitro benzene ring substituents is 1. The Bertz CT molecular complexity index is 602. The van der Waals surface area contributed by atoms with Crippen molar-refractivity contribution in [1.82, 2.24) is 9.80 Å². The normalized spacial score (nSPS) is 15.7. The summed E-state index contributed by atoms with van der Waals surface area (Å²) in [6.07, 6.45) is 4.56. The average molecular weight is 331 g/mol. The third kappa shape index (κ3) is 4.64. The number of rotatable bonds is 7. The second-order valence-corrected chi connectivity index (χ2v) is 6.61. The van der Waals surface area contributed by atoms with Crippen molar-refractivity contribution in [1.29, 1.82) is 0 Å². The summed E-state index contributed by atoms with van der Waals surface area (Å²) in [5.74, 6) is 0.395. The summed E-state index contributed by atoms with van der Waals surface area (Å²) >= 11 is 0. The molecule has 1 aromatic carbocycles. The Morgan fingerprint density at radius 2 is 1.83 bits per heavy atom. The molecule has 1 aromatic rings. The van der Waals surface area contributed by atoms with Gasteiger partial charge in [-0.05, 0) is 11.5 Å². The van der Waals surface area contributed by atoms with Gasteiger partial charge in [0.2, 0.25) is 5.91 Å². The van der Waals surface area contributed by atoms with Gasteiger partial charge in [-0.3, -0.25) is 19.8 Å². The predicted molar refractivity (Wildman–Crippen MR) is 93.8 cm³/mol. The predicted octanol–water partition coefficient (Wildman–Crippen LogP) is 2.49. The van der Waals surface area contributed by atoms with Gasteiger partial charge in [0, 0.05) is 44.9 Å². The van der Waals surface area contributed by atoms with Gasteiger partial charge in [0.1, 0.15) is 0 Å². The fourth-order valence-corrected chi connectivity index (χ4v) is 2.94. The molecule has 6 nitrogen and oxygen atoms in total. The van der Waals surface area contributed by atoms with Crippen LogP contribution in [0.5, 0.6) is 0 Å². The van der Waals surface area contributed by atoms with Crippen molar-refractivity contribution in [2.45, 2.75) is 26.3 Å². The molecule has 0 N–H and O–H groups in total. The second kappa shape index (κ2) is 8.06. The number of likely N-dealkylation sites (N-methyl/N-ethyl adjacent to an activating group) is 1. The largest absolute Gasteiger partial charge is 0.341 e. The Labute approximate surface area is 142 Å². The Kier molecular flexibility index (Phi) is 6.09. The molecule has 0 aliphatic carbocycles. The molecular formula is C18H25N3O3. The number of hydrogen-bond donors (Lipinski definition) is 0. The van der Waals surface area contributed by atoms with Crippen LogP contribution in [-0.2, 0) is 11.2 Å². The maximum Gasteiger partial charge on any atom is 0.269 e. The van der Waals surface area contributed by atoms with Crippen LogP contribution in [0.1, 0.15) is 19.4 Å². The lowest BCUT2D eigenvalue weighted by atomic mass is 10.0. The molecule has 24 heavy (non-hydrogen) atoms. The number of nitro benzene ring substituents is 1. The molecule has 1 atom stereocenters. The smallest absolute Gasteiger partial charge is 0.269 e. The van der Waals surface area contributed by atoms with Crippen LogP contribution in [0, 0.1) is 16.0 Å². The zero-order chi connectivity index (χ0) is 17.7. The van der Waals surface area contributed by atoms with Gasteiger partial charge in [-0.2, -0.15) is 0 Å². The average Bonchev–Trinajstić information content (AvgIpc) is 3.05. The van der Waals surface area contributed by atoms with Crippen LogP contribution >= 0.6 is 0 Å². The highest BCUT2D eigenvalue weighted by Crippen LogP contribution is 2.16. The fraction of sp³-hybridized carbons (Fsp3) is 0.500. The van der Waals surface area contributed by atoms with E-state index in [1.165, 1.54) is 12.1 Å². The molecule has 0 saturated carbocycles. The third-order valence-electron chi connectivity index (χ3n) is 4.50. The van der Waals surface area contributed by atoms with E-state index in [4.69, 9.17) is 0 Å². The zero-order valence-electron chi connectivity index (χ0n) is 14.5. The van der Waals surface area contributed by atoms with Crippen molar-refractivity contribution >= 4 is 11.6 Å². The number of benzene rings is 1. The molecule has 1 aliphatic heterocycles. The lowest BCUT2D eigenvalue weighted by Gasteiger charge is -2.34. The van der Waals surface area contributed by atoms with Crippen molar-refractivity contribution in [2.24, 2.45) is 5.92 Å². The number of nitrogens with zero attached hydrogens (tertiary/aromatic N) is 3. The summed E-state index contributed by atoms with van der Waals surface area (Å²) in [6, 6.07) is 6.34. The molecule has 0 unspecified atom stereocenters. The highest BCUT2D eigenvalue weighted by Gasteiger charge is 2.25. The van der Waals surface area contributed by atoms with E-state index in [-0.39, 0.29) is 24.1 Å². The van der Waals surface area contributed by atoms with Crippen LogP contribution in [0.15, 0.2) is 36.4 Å². The van der Waals surface area contributed by atoms with E-state index in [2.05, 4.69) is 30.9 Å². The quantitative estimate of drug-likeness (QED) is 0.437. The van der Waals surface area contributed by atoms with Crippen molar-refractivity contribution in [3.05, 3.63) is 52.1 Å². The monoisotopic (exact) mass is 331 g/mol. The molecule has 1 amide bonds. The van der Waals surface area contributed by atoms with E-state index in [1.54, 1.807) is 12.1 Å². The zero-order valence-corrected chi connectivity index (χ0v) is 14.5. The Hall–Kier alpha value is -2.21. The number of carbonyl (C=O) groups excluding carboxylic acids is 1. The standard InChI is InChI=1S/C18H25N3O3/c1-14(2)17(13-20-10-4-5-11-20)19(3)18(22)12-15-6-8-16(9-7-15)21(23)24/h4-9,14,17H,10-13H2,1-3H3/t17-/m1/s1. The van der Waals surface area contributed by atoms with E-state index in [0.29, 0.717) is 5.92 Å². The maximum absolute atomic E-state index is 12.6. The summed E-state index contributed by atoms with van der Waals surface area (Å²) in [5, 5.41) is 10.7. The van der Waals surface area contributed by atoms with Crippen LogP contribution in [0.4, 0.5) is 5.69 Å². The van der Waals surface area contributed by atoms with E-state index in [9.17, 15) is 14.9 Å². The van der Waals surface area contributed by atoms with Crippen molar-refractivity contribution in [2.75, 3.05) is 26.7 Å². The summed E-state index contributed by atoms with van der Waals surface area (Å²) in [4.78, 5) is 27.0. The van der Waals surface area contributed by atoms with Gasteiger partial charge in [0.05, 0.1) is 11.3 Å². The number of carbonyl (C=O) groups is 1. The molecule has 130 valence electrons. The third-order valence-corrected chi connectivity index (χ3v) is 4.50. The molecule has 0 fully saturated rings. The second-order valence-electron chi connectivity index (χ2n) is 6.61. The summed E-state index contributed by atoms with van der Waals surface area (Å²) in [7, 11) is 1.85. The van der Waals surface area contributed by atoms with Gasteiger partial charge in [0.15, 0.2) is 0 Å². The summed E-state index contributed by atoms with van der Waals surface area (Å²) in [5.41, 5.74) is 0.837. The minimum absolute atomic E-state index is 0.0368. The van der Waals surface area contributed by atoms with E-state index in [1.807, 2.05) is 11.9 Å². The van der Waals surface area contributed by atoms with E-state index >= 15 is 0 Å². The molecule has 1 heterocycles. The Morgan fingerprint density at radius 1 is 1.25 bits per heavy atom. The SMILES string of the molecule is CC(C)[C@@H](CN1CC=CC1)N(C)C(=O)Cc1ccc([N+](=O)[O-])cc1.